The number of hydrogen-bond acceptors (Lipinski definition) is 3. The van der Waals surface area contributed by atoms with E-state index in [2.05, 4.69) is 5.32 Å². The first-order valence-corrected chi connectivity index (χ1v) is 6.04. The number of carbonyl (C=O) groups is 2. The average molecular weight is 253 g/mol. The van der Waals surface area contributed by atoms with E-state index in [1.165, 1.54) is 4.90 Å². The van der Waals surface area contributed by atoms with Gasteiger partial charge in [-0.25, -0.2) is 4.79 Å². The lowest BCUT2D eigenvalue weighted by Gasteiger charge is -2.38. The summed E-state index contributed by atoms with van der Waals surface area (Å²) in [5.41, 5.74) is -0.783. The molecule has 0 saturated heterocycles. The Bertz CT molecular complexity index is 371. The second-order valence-electron chi connectivity index (χ2n) is 4.92. The molecule has 0 spiro atoms. The minimum Gasteiger partial charge on any atom is -0.481 e. The third-order valence-corrected chi connectivity index (χ3v) is 3.71. The van der Waals surface area contributed by atoms with Crippen molar-refractivity contribution in [1.82, 2.24) is 10.2 Å². The average Bonchev–Trinajstić information content (AvgIpc) is 2.26. The molecule has 0 aromatic heterocycles. The topological polar surface area (TPSA) is 93.4 Å². The van der Waals surface area contributed by atoms with Gasteiger partial charge in [0.05, 0.1) is 17.9 Å². The van der Waals surface area contributed by atoms with Gasteiger partial charge in [-0.15, -0.1) is 0 Å². The van der Waals surface area contributed by atoms with Gasteiger partial charge in [0.25, 0.3) is 0 Å². The van der Waals surface area contributed by atoms with Gasteiger partial charge >= 0.3 is 12.0 Å². The molecular formula is C12H19N3O3. The number of urea groups is 1. The van der Waals surface area contributed by atoms with Gasteiger partial charge in [-0.1, -0.05) is 6.42 Å². The summed E-state index contributed by atoms with van der Waals surface area (Å²) >= 11 is 0. The third kappa shape index (κ3) is 2.92. The summed E-state index contributed by atoms with van der Waals surface area (Å²) in [5.74, 6) is -0.846. The highest BCUT2D eigenvalue weighted by molar-refractivity contribution is 5.79. The Morgan fingerprint density at radius 1 is 1.56 bits per heavy atom. The Morgan fingerprint density at radius 2 is 2.17 bits per heavy atom. The molecule has 2 amide bonds. The van der Waals surface area contributed by atoms with Gasteiger partial charge in [-0.2, -0.15) is 5.26 Å². The lowest BCUT2D eigenvalue weighted by atomic mass is 9.69. The van der Waals surface area contributed by atoms with Crippen LogP contribution in [-0.4, -0.2) is 41.6 Å². The van der Waals surface area contributed by atoms with Crippen LogP contribution in [0, 0.1) is 16.7 Å². The van der Waals surface area contributed by atoms with E-state index in [1.54, 1.807) is 14.0 Å². The smallest absolute Gasteiger partial charge is 0.317 e. The van der Waals surface area contributed by atoms with Crippen LogP contribution in [0.5, 0.6) is 0 Å². The molecule has 18 heavy (non-hydrogen) atoms. The zero-order valence-electron chi connectivity index (χ0n) is 10.8. The minimum atomic E-state index is -0.846. The number of carboxylic acid groups (broad SMARTS) is 1. The first-order chi connectivity index (χ1) is 8.43. The Labute approximate surface area is 107 Å². The summed E-state index contributed by atoms with van der Waals surface area (Å²) in [6.07, 6.45) is 2.37. The highest BCUT2D eigenvalue weighted by Crippen LogP contribution is 2.40. The fourth-order valence-corrected chi connectivity index (χ4v) is 1.91. The number of carbonyl (C=O) groups excluding carboxylic acids is 1. The van der Waals surface area contributed by atoms with Gasteiger partial charge in [-0.05, 0) is 19.8 Å². The van der Waals surface area contributed by atoms with Crippen molar-refractivity contribution in [3.8, 4) is 6.07 Å². The summed E-state index contributed by atoms with van der Waals surface area (Å²) in [6.45, 7) is 1.93. The molecule has 0 radical (unpaired) electrons. The maximum absolute atomic E-state index is 11.8. The summed E-state index contributed by atoms with van der Waals surface area (Å²) in [5, 5.41) is 20.3. The van der Waals surface area contributed by atoms with E-state index < -0.39 is 11.4 Å². The number of hydrogen-bond donors (Lipinski definition) is 2. The van der Waals surface area contributed by atoms with Crippen molar-refractivity contribution in [3.05, 3.63) is 0 Å². The van der Waals surface area contributed by atoms with Crippen LogP contribution in [0.25, 0.3) is 0 Å². The lowest BCUT2D eigenvalue weighted by molar-refractivity contribution is -0.153. The summed E-state index contributed by atoms with van der Waals surface area (Å²) in [6, 6.07) is 1.49. The van der Waals surface area contributed by atoms with Crippen molar-refractivity contribution in [2.45, 2.75) is 38.6 Å². The van der Waals surface area contributed by atoms with Crippen LogP contribution < -0.4 is 5.32 Å². The highest BCUT2D eigenvalue weighted by atomic mass is 16.4. The maximum atomic E-state index is 11.8. The van der Waals surface area contributed by atoms with Crippen LogP contribution in [-0.2, 0) is 4.79 Å². The molecule has 1 aliphatic carbocycles. The van der Waals surface area contributed by atoms with Crippen LogP contribution in [0.15, 0.2) is 0 Å². The maximum Gasteiger partial charge on any atom is 0.317 e. The number of nitriles is 1. The molecule has 0 aromatic carbocycles. The SMILES string of the molecule is CC(CC#N)N(C)C(=O)NCC1(C(=O)O)CCC1. The molecule has 1 fully saturated rings. The fourth-order valence-electron chi connectivity index (χ4n) is 1.91. The van der Waals surface area contributed by atoms with Crippen molar-refractivity contribution >= 4 is 12.0 Å². The molecule has 1 atom stereocenters. The predicted molar refractivity (Wildman–Crippen MR) is 64.8 cm³/mol. The van der Waals surface area contributed by atoms with Gasteiger partial charge in [0.15, 0.2) is 0 Å². The van der Waals surface area contributed by atoms with Crippen LogP contribution >= 0.6 is 0 Å². The largest absolute Gasteiger partial charge is 0.481 e. The molecule has 1 aliphatic rings. The van der Waals surface area contributed by atoms with Crippen molar-refractivity contribution in [2.24, 2.45) is 5.41 Å². The van der Waals surface area contributed by atoms with E-state index >= 15 is 0 Å². The van der Waals surface area contributed by atoms with E-state index in [9.17, 15) is 9.59 Å². The molecule has 100 valence electrons. The van der Waals surface area contributed by atoms with Gasteiger partial charge in [0.1, 0.15) is 0 Å². The fraction of sp³-hybridized carbons (Fsp3) is 0.750. The van der Waals surface area contributed by atoms with Crippen LogP contribution in [0.2, 0.25) is 0 Å². The lowest BCUT2D eigenvalue weighted by Crippen LogP contribution is -2.51. The van der Waals surface area contributed by atoms with Crippen LogP contribution in [0.3, 0.4) is 0 Å². The second-order valence-corrected chi connectivity index (χ2v) is 4.92. The highest BCUT2D eigenvalue weighted by Gasteiger charge is 2.44. The van der Waals surface area contributed by atoms with E-state index in [0.717, 1.165) is 6.42 Å². The molecular weight excluding hydrogens is 234 g/mol. The second kappa shape index (κ2) is 5.71. The van der Waals surface area contributed by atoms with Gasteiger partial charge in [-0.3, -0.25) is 4.79 Å². The predicted octanol–water partition coefficient (Wildman–Crippen LogP) is 1.18. The Kier molecular flexibility index (Phi) is 4.54. The third-order valence-electron chi connectivity index (χ3n) is 3.71. The Hall–Kier alpha value is -1.77. The van der Waals surface area contributed by atoms with Crippen LogP contribution in [0.1, 0.15) is 32.6 Å². The molecule has 6 heteroatoms. The van der Waals surface area contributed by atoms with E-state index in [4.69, 9.17) is 10.4 Å². The first kappa shape index (κ1) is 14.3. The molecule has 0 aromatic rings. The molecule has 6 nitrogen and oxygen atoms in total. The van der Waals surface area contributed by atoms with Gasteiger partial charge < -0.3 is 15.3 Å². The van der Waals surface area contributed by atoms with E-state index in [1.807, 2.05) is 6.07 Å². The standard InChI is InChI=1S/C12H19N3O3/c1-9(4-7-13)15(2)11(18)14-8-12(10(16)17)5-3-6-12/h9H,3-6,8H2,1-2H3,(H,14,18)(H,16,17). The molecule has 0 bridgehead atoms. The van der Waals surface area contributed by atoms with Gasteiger partial charge in [0, 0.05) is 19.6 Å². The summed E-state index contributed by atoms with van der Waals surface area (Å²) < 4.78 is 0. The molecule has 1 unspecified atom stereocenters. The quantitative estimate of drug-likeness (QED) is 0.769. The van der Waals surface area contributed by atoms with Crippen molar-refractivity contribution < 1.29 is 14.7 Å². The van der Waals surface area contributed by atoms with Gasteiger partial charge in [0.2, 0.25) is 0 Å². The number of carboxylic acids is 1. The Balaban J connectivity index is 2.46. The number of rotatable bonds is 5. The first-order valence-electron chi connectivity index (χ1n) is 6.04. The normalized spacial score (nSPS) is 18.1. The molecule has 0 heterocycles. The zero-order valence-corrected chi connectivity index (χ0v) is 10.8. The molecule has 2 N–H and O–H groups in total. The molecule has 1 rings (SSSR count). The van der Waals surface area contributed by atoms with Crippen molar-refractivity contribution in [2.75, 3.05) is 13.6 Å². The van der Waals surface area contributed by atoms with Crippen molar-refractivity contribution in [3.63, 3.8) is 0 Å². The van der Waals surface area contributed by atoms with Crippen molar-refractivity contribution in [1.29, 1.82) is 5.26 Å². The minimum absolute atomic E-state index is 0.158. The molecule has 0 aliphatic heterocycles. The number of amides is 2. The molecule has 1 saturated carbocycles. The number of aliphatic carboxylic acids is 1. The zero-order chi connectivity index (χ0) is 13.8. The summed E-state index contributed by atoms with van der Waals surface area (Å²) in [4.78, 5) is 24.3. The number of nitrogens with zero attached hydrogens (tertiary/aromatic N) is 2. The van der Waals surface area contributed by atoms with E-state index in [-0.39, 0.29) is 25.0 Å². The van der Waals surface area contributed by atoms with Crippen LogP contribution in [0.4, 0.5) is 4.79 Å². The summed E-state index contributed by atoms with van der Waals surface area (Å²) in [7, 11) is 1.60. The van der Waals surface area contributed by atoms with E-state index in [0.29, 0.717) is 12.8 Å². The Morgan fingerprint density at radius 3 is 2.56 bits per heavy atom. The number of nitrogens with one attached hydrogen (secondary N) is 1. The monoisotopic (exact) mass is 253 g/mol.